The Kier molecular flexibility index (Phi) is 4.12. The van der Waals surface area contributed by atoms with Gasteiger partial charge in [0.2, 0.25) is 10.0 Å². The van der Waals surface area contributed by atoms with Crippen LogP contribution in [0.2, 0.25) is 0 Å². The molecule has 0 unspecified atom stereocenters. The van der Waals surface area contributed by atoms with E-state index < -0.39 is 10.0 Å². The summed E-state index contributed by atoms with van der Waals surface area (Å²) < 4.78 is 23.7. The number of hydrogen-bond donors (Lipinski definition) is 2. The lowest BCUT2D eigenvalue weighted by atomic mass is 10.0. The average molecular weight is 314 g/mol. The zero-order chi connectivity index (χ0) is 15.8. The van der Waals surface area contributed by atoms with Crippen LogP contribution >= 0.6 is 0 Å². The van der Waals surface area contributed by atoms with Crippen LogP contribution in [0.15, 0.2) is 4.90 Å². The molecular formula is C13H22N4O3S. The normalized spacial score (nSPS) is 18.2. The van der Waals surface area contributed by atoms with E-state index in [1.807, 2.05) is 20.8 Å². The number of carbonyl (C=O) groups is 1. The summed E-state index contributed by atoms with van der Waals surface area (Å²) in [5, 5.41) is 11.9. The van der Waals surface area contributed by atoms with Crippen molar-refractivity contribution in [3.63, 3.8) is 0 Å². The second-order valence-corrected chi connectivity index (χ2v) is 7.55. The molecule has 0 radical (unpaired) electrons. The second-order valence-electron chi connectivity index (χ2n) is 6.05. The molecule has 1 aliphatic heterocycles. The maximum Gasteiger partial charge on any atom is 0.276 e. The first-order chi connectivity index (χ1) is 9.68. The van der Waals surface area contributed by atoms with Crippen molar-refractivity contribution in [2.45, 2.75) is 56.9 Å². The van der Waals surface area contributed by atoms with Gasteiger partial charge in [0.25, 0.3) is 5.91 Å². The van der Waals surface area contributed by atoms with Crippen LogP contribution in [0.25, 0.3) is 0 Å². The Morgan fingerprint density at radius 1 is 1.48 bits per heavy atom. The molecule has 2 heterocycles. The number of carbonyl (C=O) groups excluding carboxylic acids is 1. The number of primary sulfonamides is 1. The van der Waals surface area contributed by atoms with Gasteiger partial charge in [-0.25, -0.2) is 13.6 Å². The number of amides is 1. The van der Waals surface area contributed by atoms with Crippen LogP contribution in [0.1, 0.15) is 56.2 Å². The molecule has 0 atom stereocenters. The summed E-state index contributed by atoms with van der Waals surface area (Å²) in [4.78, 5) is 14.2. The zero-order valence-corrected chi connectivity index (χ0v) is 13.5. The highest BCUT2D eigenvalue weighted by Gasteiger charge is 2.39. The van der Waals surface area contributed by atoms with Gasteiger partial charge in [-0.3, -0.25) is 9.89 Å². The first-order valence-corrected chi connectivity index (χ1v) is 8.65. The minimum Gasteiger partial charge on any atom is -0.332 e. The van der Waals surface area contributed by atoms with E-state index in [2.05, 4.69) is 10.2 Å². The van der Waals surface area contributed by atoms with Crippen molar-refractivity contribution in [1.82, 2.24) is 15.1 Å². The van der Waals surface area contributed by atoms with Crippen LogP contribution in [-0.4, -0.2) is 41.5 Å². The smallest absolute Gasteiger partial charge is 0.276 e. The van der Waals surface area contributed by atoms with Crippen molar-refractivity contribution < 1.29 is 13.2 Å². The van der Waals surface area contributed by atoms with Crippen LogP contribution in [-0.2, 0) is 16.4 Å². The second kappa shape index (κ2) is 5.42. The van der Waals surface area contributed by atoms with E-state index in [4.69, 9.17) is 5.14 Å². The summed E-state index contributed by atoms with van der Waals surface area (Å²) in [7, 11) is -4.00. The molecule has 0 aromatic carbocycles. The van der Waals surface area contributed by atoms with Gasteiger partial charge in [0.15, 0.2) is 5.69 Å². The lowest BCUT2D eigenvalue weighted by Gasteiger charge is -2.31. The number of hydrogen-bond acceptors (Lipinski definition) is 4. The molecule has 1 aliphatic rings. The summed E-state index contributed by atoms with van der Waals surface area (Å²) in [5.41, 5.74) is 0.0209. The summed E-state index contributed by atoms with van der Waals surface area (Å²) >= 11 is 0. The van der Waals surface area contributed by atoms with Gasteiger partial charge < -0.3 is 4.90 Å². The van der Waals surface area contributed by atoms with Gasteiger partial charge in [0, 0.05) is 12.1 Å². The number of nitrogens with zero attached hydrogens (tertiary/aromatic N) is 2. The van der Waals surface area contributed by atoms with Crippen LogP contribution in [0.3, 0.4) is 0 Å². The molecule has 7 nitrogen and oxygen atoms in total. The Hall–Kier alpha value is -1.41. The summed E-state index contributed by atoms with van der Waals surface area (Å²) in [6.45, 7) is 6.45. The summed E-state index contributed by atoms with van der Waals surface area (Å²) in [6.07, 6.45) is 2.99. The van der Waals surface area contributed by atoms with Crippen molar-refractivity contribution >= 4 is 15.9 Å². The van der Waals surface area contributed by atoms with Crippen molar-refractivity contribution in [2.24, 2.45) is 5.14 Å². The number of nitrogens with one attached hydrogen (secondary N) is 1. The maximum absolute atomic E-state index is 12.7. The van der Waals surface area contributed by atoms with Gasteiger partial charge in [0.05, 0.1) is 5.69 Å². The number of likely N-dealkylation sites (tertiary alicyclic amines) is 1. The van der Waals surface area contributed by atoms with E-state index >= 15 is 0 Å². The molecule has 8 heteroatoms. The maximum atomic E-state index is 12.7. The molecule has 2 rings (SSSR count). The zero-order valence-electron chi connectivity index (χ0n) is 12.6. The number of sulfonamides is 1. The molecule has 0 saturated carbocycles. The Balaban J connectivity index is 2.47. The highest BCUT2D eigenvalue weighted by molar-refractivity contribution is 7.89. The molecule has 1 aromatic rings. The van der Waals surface area contributed by atoms with Crippen molar-refractivity contribution in [3.05, 3.63) is 11.4 Å². The predicted octanol–water partition coefficient (Wildman–Crippen LogP) is 1.02. The molecule has 1 amide bonds. The Morgan fingerprint density at radius 2 is 2.14 bits per heavy atom. The molecular weight excluding hydrogens is 292 g/mol. The fourth-order valence-corrected chi connectivity index (χ4v) is 3.74. The number of aryl methyl sites for hydroxylation is 1. The van der Waals surface area contributed by atoms with E-state index in [1.54, 1.807) is 4.90 Å². The molecule has 0 bridgehead atoms. The third-order valence-electron chi connectivity index (χ3n) is 3.93. The molecule has 1 saturated heterocycles. The van der Waals surface area contributed by atoms with Crippen molar-refractivity contribution in [1.29, 1.82) is 0 Å². The van der Waals surface area contributed by atoms with Gasteiger partial charge in [0.1, 0.15) is 4.90 Å². The van der Waals surface area contributed by atoms with E-state index in [-0.39, 0.29) is 22.0 Å². The van der Waals surface area contributed by atoms with Crippen LogP contribution in [0, 0.1) is 0 Å². The fourth-order valence-electron chi connectivity index (χ4n) is 2.85. The lowest BCUT2D eigenvalue weighted by Crippen LogP contribution is -2.43. The van der Waals surface area contributed by atoms with Gasteiger partial charge in [-0.15, -0.1) is 0 Å². The van der Waals surface area contributed by atoms with E-state index in [0.29, 0.717) is 18.7 Å². The highest BCUT2D eigenvalue weighted by Crippen LogP contribution is 2.31. The first kappa shape index (κ1) is 16.0. The fraction of sp³-hybridized carbons (Fsp3) is 0.692. The average Bonchev–Trinajstić information content (AvgIpc) is 2.91. The van der Waals surface area contributed by atoms with Crippen molar-refractivity contribution in [2.75, 3.05) is 6.54 Å². The van der Waals surface area contributed by atoms with Gasteiger partial charge in [-0.05, 0) is 33.1 Å². The van der Waals surface area contributed by atoms with Gasteiger partial charge >= 0.3 is 0 Å². The minimum absolute atomic E-state index is 0.0871. The molecule has 1 fully saturated rings. The monoisotopic (exact) mass is 314 g/mol. The van der Waals surface area contributed by atoms with E-state index in [1.165, 1.54) is 0 Å². The Labute approximate surface area is 124 Å². The molecule has 0 aliphatic carbocycles. The number of rotatable bonds is 4. The number of H-pyrrole nitrogens is 1. The van der Waals surface area contributed by atoms with Crippen LogP contribution in [0.5, 0.6) is 0 Å². The van der Waals surface area contributed by atoms with Gasteiger partial charge in [-0.2, -0.15) is 5.10 Å². The Bertz CT molecular complexity index is 648. The number of nitrogens with two attached hydrogens (primary N) is 1. The standard InChI is InChI=1S/C13H22N4O3S/c1-4-6-9-11(21(14,19)20)10(16-15-9)12(18)17-8-5-7-13(17,2)3/h4-8H2,1-3H3,(H,15,16)(H2,14,19,20). The molecule has 118 valence electrons. The third-order valence-corrected chi connectivity index (χ3v) is 4.93. The predicted molar refractivity (Wildman–Crippen MR) is 78.3 cm³/mol. The topological polar surface area (TPSA) is 109 Å². The number of aromatic amines is 1. The largest absolute Gasteiger partial charge is 0.332 e. The van der Waals surface area contributed by atoms with Crippen molar-refractivity contribution in [3.8, 4) is 0 Å². The molecule has 0 spiro atoms. The molecule has 1 aromatic heterocycles. The van der Waals surface area contributed by atoms with Crippen LogP contribution < -0.4 is 5.14 Å². The van der Waals surface area contributed by atoms with Gasteiger partial charge in [-0.1, -0.05) is 13.3 Å². The third kappa shape index (κ3) is 2.96. The summed E-state index contributed by atoms with van der Waals surface area (Å²) in [5.74, 6) is -0.375. The SMILES string of the molecule is CCCc1[nH]nc(C(=O)N2CCCC2(C)C)c1S(N)(=O)=O. The highest BCUT2D eigenvalue weighted by atomic mass is 32.2. The summed E-state index contributed by atoms with van der Waals surface area (Å²) in [6, 6.07) is 0. The molecule has 3 N–H and O–H groups in total. The first-order valence-electron chi connectivity index (χ1n) is 7.10. The molecule has 21 heavy (non-hydrogen) atoms. The quantitative estimate of drug-likeness (QED) is 0.864. The number of aromatic nitrogens is 2. The Morgan fingerprint density at radius 3 is 2.62 bits per heavy atom. The van der Waals surface area contributed by atoms with Crippen LogP contribution in [0.4, 0.5) is 0 Å². The van der Waals surface area contributed by atoms with E-state index in [9.17, 15) is 13.2 Å². The minimum atomic E-state index is -4.00. The lowest BCUT2D eigenvalue weighted by molar-refractivity contribution is 0.0641. The van der Waals surface area contributed by atoms with E-state index in [0.717, 1.165) is 19.3 Å².